The number of nitrogens with one attached hydrogen (secondary N) is 1. The number of rotatable bonds is 5. The molecular weight excluding hydrogens is 444 g/mol. The lowest BCUT2D eigenvalue weighted by atomic mass is 10.1. The SMILES string of the molecule is COc1cccc(C2Nc3ccccc3-c3nnc(SCc4ccc(Cl)cc4)nc3O2)c1. The Kier molecular flexibility index (Phi) is 5.83. The molecule has 32 heavy (non-hydrogen) atoms. The number of thioether (sulfide) groups is 1. The number of methoxy groups -OCH3 is 1. The Morgan fingerprint density at radius 2 is 1.88 bits per heavy atom. The minimum Gasteiger partial charge on any atom is -0.497 e. The molecule has 1 aliphatic rings. The molecule has 0 amide bonds. The van der Waals surface area contributed by atoms with E-state index in [0.29, 0.717) is 27.5 Å². The lowest BCUT2D eigenvalue weighted by Gasteiger charge is -2.19. The number of hydrogen-bond acceptors (Lipinski definition) is 7. The summed E-state index contributed by atoms with van der Waals surface area (Å²) >= 11 is 7.47. The van der Waals surface area contributed by atoms with Gasteiger partial charge in [0.05, 0.1) is 7.11 Å². The van der Waals surface area contributed by atoms with Crippen molar-refractivity contribution in [2.75, 3.05) is 12.4 Å². The van der Waals surface area contributed by atoms with Crippen LogP contribution in [0.5, 0.6) is 11.6 Å². The third-order valence-electron chi connectivity index (χ3n) is 5.01. The smallest absolute Gasteiger partial charge is 0.247 e. The van der Waals surface area contributed by atoms with Crippen LogP contribution in [0.25, 0.3) is 11.3 Å². The van der Waals surface area contributed by atoms with Crippen molar-refractivity contribution in [1.29, 1.82) is 0 Å². The van der Waals surface area contributed by atoms with Crippen molar-refractivity contribution in [3.8, 4) is 22.9 Å². The van der Waals surface area contributed by atoms with Crippen LogP contribution in [0.15, 0.2) is 78.0 Å². The van der Waals surface area contributed by atoms with Crippen LogP contribution in [-0.4, -0.2) is 22.3 Å². The molecule has 6 nitrogen and oxygen atoms in total. The second-order valence-electron chi connectivity index (χ2n) is 7.13. The summed E-state index contributed by atoms with van der Waals surface area (Å²) < 4.78 is 11.7. The van der Waals surface area contributed by atoms with Crippen molar-refractivity contribution in [2.24, 2.45) is 0 Å². The minimum atomic E-state index is -0.460. The Morgan fingerprint density at radius 1 is 1.03 bits per heavy atom. The molecule has 0 saturated carbocycles. The molecular formula is C24H19ClN4O2S. The normalized spacial score (nSPS) is 14.4. The van der Waals surface area contributed by atoms with E-state index in [1.54, 1.807) is 7.11 Å². The lowest BCUT2D eigenvalue weighted by Crippen LogP contribution is -2.17. The molecule has 160 valence electrons. The van der Waals surface area contributed by atoms with Crippen LogP contribution in [-0.2, 0) is 5.75 Å². The van der Waals surface area contributed by atoms with Crippen molar-refractivity contribution in [1.82, 2.24) is 15.2 Å². The van der Waals surface area contributed by atoms with E-state index in [4.69, 9.17) is 26.1 Å². The van der Waals surface area contributed by atoms with Gasteiger partial charge in [0.1, 0.15) is 5.75 Å². The number of para-hydroxylation sites is 1. The van der Waals surface area contributed by atoms with Gasteiger partial charge in [0, 0.05) is 27.6 Å². The predicted molar refractivity (Wildman–Crippen MR) is 126 cm³/mol. The highest BCUT2D eigenvalue weighted by Gasteiger charge is 2.26. The van der Waals surface area contributed by atoms with Gasteiger partial charge in [0.15, 0.2) is 11.9 Å². The van der Waals surface area contributed by atoms with Crippen LogP contribution in [0.4, 0.5) is 5.69 Å². The van der Waals surface area contributed by atoms with Crippen LogP contribution in [0.1, 0.15) is 17.4 Å². The summed E-state index contributed by atoms with van der Waals surface area (Å²) in [5.41, 5.74) is 4.44. The van der Waals surface area contributed by atoms with E-state index in [1.165, 1.54) is 11.8 Å². The van der Waals surface area contributed by atoms with Gasteiger partial charge in [-0.25, -0.2) is 0 Å². The first kappa shape index (κ1) is 20.6. The van der Waals surface area contributed by atoms with E-state index in [-0.39, 0.29) is 0 Å². The molecule has 0 saturated heterocycles. The zero-order chi connectivity index (χ0) is 21.9. The molecule has 0 radical (unpaired) electrons. The third-order valence-corrected chi connectivity index (χ3v) is 6.17. The van der Waals surface area contributed by atoms with Gasteiger partial charge in [-0.05, 0) is 35.9 Å². The van der Waals surface area contributed by atoms with E-state index >= 15 is 0 Å². The zero-order valence-corrected chi connectivity index (χ0v) is 18.7. The molecule has 1 unspecified atom stereocenters. The van der Waals surface area contributed by atoms with Crippen LogP contribution in [0.2, 0.25) is 5.02 Å². The Hall–Kier alpha value is -3.29. The van der Waals surface area contributed by atoms with Crippen molar-refractivity contribution in [3.63, 3.8) is 0 Å². The van der Waals surface area contributed by atoms with E-state index in [0.717, 1.165) is 28.1 Å². The number of halogens is 1. The number of benzene rings is 3. The summed E-state index contributed by atoms with van der Waals surface area (Å²) in [6.07, 6.45) is -0.460. The quantitative estimate of drug-likeness (QED) is 0.365. The number of hydrogen-bond donors (Lipinski definition) is 1. The molecule has 0 fully saturated rings. The fourth-order valence-corrected chi connectivity index (χ4v) is 4.25. The lowest BCUT2D eigenvalue weighted by molar-refractivity contribution is 0.224. The largest absolute Gasteiger partial charge is 0.497 e. The van der Waals surface area contributed by atoms with Crippen molar-refractivity contribution in [2.45, 2.75) is 17.1 Å². The molecule has 1 aromatic heterocycles. The maximum atomic E-state index is 6.32. The summed E-state index contributed by atoms with van der Waals surface area (Å²) in [6, 6.07) is 23.4. The summed E-state index contributed by atoms with van der Waals surface area (Å²) in [4.78, 5) is 4.69. The molecule has 3 aromatic carbocycles. The van der Waals surface area contributed by atoms with E-state index in [1.807, 2.05) is 72.8 Å². The number of anilines is 1. The highest BCUT2D eigenvalue weighted by Crippen LogP contribution is 2.40. The summed E-state index contributed by atoms with van der Waals surface area (Å²) in [6.45, 7) is 0. The van der Waals surface area contributed by atoms with Crippen molar-refractivity contribution < 1.29 is 9.47 Å². The first-order valence-electron chi connectivity index (χ1n) is 9.98. The molecule has 0 bridgehead atoms. The van der Waals surface area contributed by atoms with Crippen molar-refractivity contribution in [3.05, 3.63) is 88.9 Å². The van der Waals surface area contributed by atoms with Gasteiger partial charge in [-0.2, -0.15) is 4.98 Å². The molecule has 0 aliphatic carbocycles. The van der Waals surface area contributed by atoms with E-state index < -0.39 is 6.23 Å². The van der Waals surface area contributed by atoms with Gasteiger partial charge in [0.25, 0.3) is 0 Å². The summed E-state index contributed by atoms with van der Waals surface area (Å²) in [5, 5.41) is 13.5. The molecule has 5 rings (SSSR count). The van der Waals surface area contributed by atoms with Crippen LogP contribution in [0, 0.1) is 0 Å². The van der Waals surface area contributed by atoms with Gasteiger partial charge in [-0.1, -0.05) is 65.8 Å². The Labute approximate surface area is 195 Å². The van der Waals surface area contributed by atoms with E-state index in [9.17, 15) is 0 Å². The second-order valence-corrected chi connectivity index (χ2v) is 8.51. The Morgan fingerprint density at radius 3 is 2.72 bits per heavy atom. The summed E-state index contributed by atoms with van der Waals surface area (Å²) in [5.74, 6) is 1.89. The monoisotopic (exact) mass is 462 g/mol. The first-order chi connectivity index (χ1) is 15.7. The molecule has 8 heteroatoms. The minimum absolute atomic E-state index is 0.434. The fraction of sp³-hybridized carbons (Fsp3) is 0.125. The fourth-order valence-electron chi connectivity index (χ4n) is 3.39. The maximum Gasteiger partial charge on any atom is 0.247 e. The number of nitrogens with zero attached hydrogens (tertiary/aromatic N) is 3. The molecule has 4 aromatic rings. The second kappa shape index (κ2) is 9.06. The van der Waals surface area contributed by atoms with Crippen LogP contribution >= 0.6 is 23.4 Å². The first-order valence-corrected chi connectivity index (χ1v) is 11.3. The molecule has 2 heterocycles. The van der Waals surface area contributed by atoms with Crippen LogP contribution < -0.4 is 14.8 Å². The van der Waals surface area contributed by atoms with Gasteiger partial charge in [0.2, 0.25) is 11.0 Å². The average molecular weight is 463 g/mol. The van der Waals surface area contributed by atoms with Gasteiger partial charge in [-0.3, -0.25) is 0 Å². The average Bonchev–Trinajstić information content (AvgIpc) is 3.00. The molecule has 1 aliphatic heterocycles. The van der Waals surface area contributed by atoms with Gasteiger partial charge in [-0.15, -0.1) is 10.2 Å². The summed E-state index contributed by atoms with van der Waals surface area (Å²) in [7, 11) is 1.65. The topological polar surface area (TPSA) is 69.2 Å². The van der Waals surface area contributed by atoms with Crippen molar-refractivity contribution >= 4 is 29.1 Å². The Bertz CT molecular complexity index is 1250. The number of fused-ring (bicyclic) bond motifs is 3. The molecule has 1 N–H and O–H groups in total. The highest BCUT2D eigenvalue weighted by molar-refractivity contribution is 7.98. The predicted octanol–water partition coefficient (Wildman–Crippen LogP) is 6.00. The number of aromatic nitrogens is 3. The maximum absolute atomic E-state index is 6.32. The van der Waals surface area contributed by atoms with Gasteiger partial charge >= 0.3 is 0 Å². The standard InChI is InChI=1S/C24H19ClN4O2S/c1-30-18-6-4-5-16(13-18)22-26-20-8-3-2-7-19(20)21-23(31-22)27-24(29-28-21)32-14-15-9-11-17(25)12-10-15/h2-13,22,26H,14H2,1H3. The van der Waals surface area contributed by atoms with E-state index in [2.05, 4.69) is 15.5 Å². The number of ether oxygens (including phenoxy) is 2. The third kappa shape index (κ3) is 4.35. The van der Waals surface area contributed by atoms with Crippen LogP contribution in [0.3, 0.4) is 0 Å². The zero-order valence-electron chi connectivity index (χ0n) is 17.2. The molecule has 1 atom stereocenters. The molecule has 0 spiro atoms. The van der Waals surface area contributed by atoms with Gasteiger partial charge < -0.3 is 14.8 Å². The Balaban J connectivity index is 1.48. The highest BCUT2D eigenvalue weighted by atomic mass is 35.5.